The standard InChI is InChI=1S/C24H22F2N4O3/c1-31-21-12-16(6-7-20(21)32-24(25)26)23-28-22(33-29-23)14-30-10-8-15(9-11-30)18-13-27-19-5-3-2-4-17(18)19/h2-8,12-13,24,27H,9-11,14H2,1H3. The molecule has 0 amide bonds. The van der Waals surface area contributed by atoms with Gasteiger partial charge in [0, 0.05) is 41.3 Å². The summed E-state index contributed by atoms with van der Waals surface area (Å²) < 4.78 is 40.1. The Morgan fingerprint density at radius 1 is 1.18 bits per heavy atom. The number of alkyl halides is 2. The first-order valence-electron chi connectivity index (χ1n) is 10.5. The number of nitrogens with one attached hydrogen (secondary N) is 1. The molecule has 4 aromatic rings. The Morgan fingerprint density at radius 2 is 2.06 bits per heavy atom. The highest BCUT2D eigenvalue weighted by Gasteiger charge is 2.19. The van der Waals surface area contributed by atoms with Gasteiger partial charge in [0.1, 0.15) is 0 Å². The van der Waals surface area contributed by atoms with Crippen molar-refractivity contribution in [2.45, 2.75) is 19.6 Å². The second-order valence-electron chi connectivity index (χ2n) is 7.72. The number of halogens is 2. The summed E-state index contributed by atoms with van der Waals surface area (Å²) in [6, 6.07) is 12.8. The molecule has 0 saturated carbocycles. The summed E-state index contributed by atoms with van der Waals surface area (Å²) in [5, 5.41) is 5.27. The average Bonchev–Trinajstić information content (AvgIpc) is 3.47. The third kappa shape index (κ3) is 4.45. The van der Waals surface area contributed by atoms with Crippen molar-refractivity contribution in [1.82, 2.24) is 20.0 Å². The van der Waals surface area contributed by atoms with Crippen LogP contribution in [0.1, 0.15) is 17.9 Å². The zero-order valence-electron chi connectivity index (χ0n) is 17.9. The Hall–Kier alpha value is -3.72. The minimum absolute atomic E-state index is 0.0499. The Bertz CT molecular complexity index is 1300. The molecule has 5 rings (SSSR count). The number of hydrogen-bond donors (Lipinski definition) is 1. The molecule has 0 bridgehead atoms. The van der Waals surface area contributed by atoms with Gasteiger partial charge in [-0.15, -0.1) is 0 Å². The number of rotatable bonds is 7. The van der Waals surface area contributed by atoms with E-state index in [0.717, 1.165) is 25.0 Å². The molecular weight excluding hydrogens is 430 g/mol. The fraction of sp³-hybridized carbons (Fsp3) is 0.250. The predicted octanol–water partition coefficient (Wildman–Crippen LogP) is 5.12. The lowest BCUT2D eigenvalue weighted by Gasteiger charge is -2.24. The molecule has 9 heteroatoms. The molecule has 1 aliphatic heterocycles. The first kappa shape index (κ1) is 21.1. The number of nitrogens with zero attached hydrogens (tertiary/aromatic N) is 3. The molecule has 0 saturated heterocycles. The summed E-state index contributed by atoms with van der Waals surface area (Å²) in [6.45, 7) is -0.762. The molecule has 33 heavy (non-hydrogen) atoms. The van der Waals surface area contributed by atoms with Crippen LogP contribution in [0.5, 0.6) is 11.5 Å². The molecular formula is C24H22F2N4O3. The molecule has 2 aromatic heterocycles. The van der Waals surface area contributed by atoms with Crippen molar-refractivity contribution < 1.29 is 22.8 Å². The average molecular weight is 452 g/mol. The summed E-state index contributed by atoms with van der Waals surface area (Å²) in [5.74, 6) is 0.968. The van der Waals surface area contributed by atoms with Gasteiger partial charge in [-0.1, -0.05) is 29.4 Å². The van der Waals surface area contributed by atoms with Crippen molar-refractivity contribution in [3.63, 3.8) is 0 Å². The van der Waals surface area contributed by atoms with E-state index in [4.69, 9.17) is 9.26 Å². The Balaban J connectivity index is 1.26. The number of fused-ring (bicyclic) bond motifs is 1. The van der Waals surface area contributed by atoms with Crippen molar-refractivity contribution in [1.29, 1.82) is 0 Å². The number of hydrogen-bond acceptors (Lipinski definition) is 6. The van der Waals surface area contributed by atoms with Gasteiger partial charge in [0.2, 0.25) is 11.7 Å². The summed E-state index contributed by atoms with van der Waals surface area (Å²) >= 11 is 0. The minimum Gasteiger partial charge on any atom is -0.493 e. The number of benzene rings is 2. The van der Waals surface area contributed by atoms with Gasteiger partial charge < -0.3 is 19.0 Å². The van der Waals surface area contributed by atoms with Crippen LogP contribution in [0.2, 0.25) is 0 Å². The maximum atomic E-state index is 12.5. The molecule has 0 atom stereocenters. The van der Waals surface area contributed by atoms with Crippen LogP contribution in [-0.4, -0.2) is 46.8 Å². The normalized spacial score (nSPS) is 14.6. The fourth-order valence-electron chi connectivity index (χ4n) is 4.06. The topological polar surface area (TPSA) is 76.4 Å². The van der Waals surface area contributed by atoms with E-state index >= 15 is 0 Å². The van der Waals surface area contributed by atoms with E-state index in [1.807, 2.05) is 6.07 Å². The molecule has 0 unspecified atom stereocenters. The molecule has 7 nitrogen and oxygen atoms in total. The van der Waals surface area contributed by atoms with Crippen LogP contribution >= 0.6 is 0 Å². The zero-order chi connectivity index (χ0) is 22.8. The second-order valence-corrected chi connectivity index (χ2v) is 7.72. The van der Waals surface area contributed by atoms with Gasteiger partial charge in [0.15, 0.2) is 11.5 Å². The maximum Gasteiger partial charge on any atom is 0.387 e. The molecule has 0 aliphatic carbocycles. The number of H-pyrrole nitrogens is 1. The first-order valence-corrected chi connectivity index (χ1v) is 10.5. The molecule has 0 radical (unpaired) electrons. The van der Waals surface area contributed by atoms with Crippen LogP contribution < -0.4 is 9.47 Å². The highest BCUT2D eigenvalue weighted by Crippen LogP contribution is 2.33. The lowest BCUT2D eigenvalue weighted by molar-refractivity contribution is -0.0512. The summed E-state index contributed by atoms with van der Waals surface area (Å²) in [5.41, 5.74) is 4.30. The summed E-state index contributed by atoms with van der Waals surface area (Å²) in [6.07, 6.45) is 5.23. The maximum absolute atomic E-state index is 12.5. The highest BCUT2D eigenvalue weighted by molar-refractivity contribution is 5.92. The number of aromatic nitrogens is 3. The van der Waals surface area contributed by atoms with Crippen molar-refractivity contribution in [2.24, 2.45) is 0 Å². The molecule has 170 valence electrons. The van der Waals surface area contributed by atoms with Gasteiger partial charge >= 0.3 is 6.61 Å². The Labute approximate surface area is 188 Å². The fourth-order valence-corrected chi connectivity index (χ4v) is 4.06. The molecule has 2 aromatic carbocycles. The van der Waals surface area contributed by atoms with E-state index < -0.39 is 6.61 Å². The van der Waals surface area contributed by atoms with E-state index in [1.54, 1.807) is 12.1 Å². The number of ether oxygens (including phenoxy) is 2. The van der Waals surface area contributed by atoms with Gasteiger partial charge in [0.25, 0.3) is 0 Å². The molecule has 3 heterocycles. The van der Waals surface area contributed by atoms with Crippen LogP contribution in [0.25, 0.3) is 27.9 Å². The third-order valence-corrected chi connectivity index (χ3v) is 5.69. The van der Waals surface area contributed by atoms with E-state index in [0.29, 0.717) is 23.8 Å². The molecule has 1 N–H and O–H groups in total. The zero-order valence-corrected chi connectivity index (χ0v) is 17.9. The predicted molar refractivity (Wildman–Crippen MR) is 119 cm³/mol. The van der Waals surface area contributed by atoms with Crippen LogP contribution in [0.3, 0.4) is 0 Å². The van der Waals surface area contributed by atoms with Crippen molar-refractivity contribution in [3.05, 3.63) is 66.2 Å². The summed E-state index contributed by atoms with van der Waals surface area (Å²) in [7, 11) is 1.38. The summed E-state index contributed by atoms with van der Waals surface area (Å²) in [4.78, 5) is 10.0. The van der Waals surface area contributed by atoms with Gasteiger partial charge in [-0.25, -0.2) is 0 Å². The number of aromatic amines is 1. The van der Waals surface area contributed by atoms with E-state index in [9.17, 15) is 8.78 Å². The lowest BCUT2D eigenvalue weighted by atomic mass is 9.99. The lowest BCUT2D eigenvalue weighted by Crippen LogP contribution is -2.28. The van der Waals surface area contributed by atoms with Gasteiger partial charge in [-0.2, -0.15) is 13.8 Å². The van der Waals surface area contributed by atoms with Crippen molar-refractivity contribution in [2.75, 3.05) is 20.2 Å². The Morgan fingerprint density at radius 3 is 2.85 bits per heavy atom. The van der Waals surface area contributed by atoms with Gasteiger partial charge in [0.05, 0.1) is 13.7 Å². The highest BCUT2D eigenvalue weighted by atomic mass is 19.3. The smallest absolute Gasteiger partial charge is 0.387 e. The monoisotopic (exact) mass is 452 g/mol. The number of para-hydroxylation sites is 1. The second kappa shape index (κ2) is 9.03. The van der Waals surface area contributed by atoms with Crippen molar-refractivity contribution in [3.8, 4) is 22.9 Å². The number of methoxy groups -OCH3 is 1. The van der Waals surface area contributed by atoms with Crippen molar-refractivity contribution >= 4 is 16.5 Å². The van der Waals surface area contributed by atoms with E-state index in [-0.39, 0.29) is 11.5 Å². The quantitative estimate of drug-likeness (QED) is 0.420. The van der Waals surface area contributed by atoms with Crippen LogP contribution in [-0.2, 0) is 6.54 Å². The Kier molecular flexibility index (Phi) is 5.78. The first-order chi connectivity index (χ1) is 16.1. The minimum atomic E-state index is -2.93. The third-order valence-electron chi connectivity index (χ3n) is 5.69. The largest absolute Gasteiger partial charge is 0.493 e. The van der Waals surface area contributed by atoms with Gasteiger partial charge in [-0.05, 0) is 36.3 Å². The van der Waals surface area contributed by atoms with Gasteiger partial charge in [-0.3, -0.25) is 4.90 Å². The van der Waals surface area contributed by atoms with Crippen LogP contribution in [0.15, 0.2) is 59.3 Å². The SMILES string of the molecule is COc1cc(-c2noc(CN3CC=C(c4c[nH]c5ccccc45)CC3)n2)ccc1OC(F)F. The van der Waals surface area contributed by atoms with Crippen LogP contribution in [0, 0.1) is 0 Å². The molecule has 0 fully saturated rings. The molecule has 1 aliphatic rings. The molecule has 0 spiro atoms. The van der Waals surface area contributed by atoms with Crippen LogP contribution in [0.4, 0.5) is 8.78 Å². The van der Waals surface area contributed by atoms with E-state index in [2.05, 4.69) is 55.2 Å². The van der Waals surface area contributed by atoms with E-state index in [1.165, 1.54) is 29.7 Å².